The number of ether oxygens (including phenoxy) is 1. The van der Waals surface area contributed by atoms with Crippen LogP contribution in [0.3, 0.4) is 0 Å². The first-order chi connectivity index (χ1) is 15.1. The molecule has 0 unspecified atom stereocenters. The molecule has 172 valence electrons. The van der Waals surface area contributed by atoms with Crippen LogP contribution in [0.1, 0.15) is 24.0 Å². The second kappa shape index (κ2) is 10.0. The molecule has 0 radical (unpaired) electrons. The number of piperidine rings is 1. The summed E-state index contributed by atoms with van der Waals surface area (Å²) in [6.07, 6.45) is -3.56. The van der Waals surface area contributed by atoms with E-state index in [0.29, 0.717) is 31.6 Å². The third-order valence-electron chi connectivity index (χ3n) is 5.47. The van der Waals surface area contributed by atoms with E-state index in [1.165, 1.54) is 12.1 Å². The first-order valence-electron chi connectivity index (χ1n) is 10.4. The number of aryl methyl sites for hydroxylation is 2. The van der Waals surface area contributed by atoms with Crippen LogP contribution < -0.4 is 15.4 Å². The Morgan fingerprint density at radius 2 is 1.59 bits per heavy atom. The van der Waals surface area contributed by atoms with Crippen molar-refractivity contribution in [3.05, 3.63) is 53.6 Å². The number of halogens is 3. The van der Waals surface area contributed by atoms with E-state index in [1.54, 1.807) is 0 Å². The van der Waals surface area contributed by atoms with Crippen LogP contribution in [0.5, 0.6) is 5.75 Å². The van der Waals surface area contributed by atoms with Gasteiger partial charge in [0.2, 0.25) is 11.8 Å². The van der Waals surface area contributed by atoms with Gasteiger partial charge in [0.05, 0.1) is 6.54 Å². The van der Waals surface area contributed by atoms with Gasteiger partial charge in [-0.15, -0.1) is 13.2 Å². The van der Waals surface area contributed by atoms with Crippen LogP contribution in [-0.2, 0) is 9.59 Å². The smallest absolute Gasteiger partial charge is 0.406 e. The van der Waals surface area contributed by atoms with Gasteiger partial charge in [0.25, 0.3) is 0 Å². The lowest BCUT2D eigenvalue weighted by atomic mass is 9.96. The molecular weight excluding hydrogens is 423 g/mol. The number of hydrogen-bond acceptors (Lipinski definition) is 4. The van der Waals surface area contributed by atoms with Gasteiger partial charge in [-0.05, 0) is 87.3 Å². The second-order valence-corrected chi connectivity index (χ2v) is 7.96. The Bertz CT molecular complexity index is 953. The van der Waals surface area contributed by atoms with Crippen LogP contribution in [-0.4, -0.2) is 42.7 Å². The zero-order chi connectivity index (χ0) is 23.3. The summed E-state index contributed by atoms with van der Waals surface area (Å²) >= 11 is 0. The van der Waals surface area contributed by atoms with Crippen molar-refractivity contribution in [1.82, 2.24) is 4.90 Å². The first kappa shape index (κ1) is 23.6. The Kier molecular flexibility index (Phi) is 7.40. The lowest BCUT2D eigenvalue weighted by Crippen LogP contribution is -2.41. The highest BCUT2D eigenvalue weighted by molar-refractivity contribution is 5.93. The number of amides is 2. The summed E-state index contributed by atoms with van der Waals surface area (Å²) in [5.41, 5.74) is 3.44. The average Bonchev–Trinajstić information content (AvgIpc) is 2.71. The summed E-state index contributed by atoms with van der Waals surface area (Å²) in [4.78, 5) is 26.8. The van der Waals surface area contributed by atoms with E-state index in [4.69, 9.17) is 0 Å². The maximum atomic E-state index is 12.5. The molecule has 2 aromatic rings. The fourth-order valence-electron chi connectivity index (χ4n) is 3.56. The topological polar surface area (TPSA) is 70.7 Å². The first-order valence-corrected chi connectivity index (χ1v) is 10.4. The van der Waals surface area contributed by atoms with Gasteiger partial charge in [0, 0.05) is 17.3 Å². The van der Waals surface area contributed by atoms with E-state index in [0.717, 1.165) is 28.9 Å². The minimum Gasteiger partial charge on any atom is -0.406 e. The van der Waals surface area contributed by atoms with Crippen LogP contribution in [0.25, 0.3) is 0 Å². The van der Waals surface area contributed by atoms with Gasteiger partial charge < -0.3 is 15.4 Å². The standard InChI is InChI=1S/C23H26F3N3O3/c1-15-3-4-19(13-16(15)2)27-21(30)14-29-11-9-17(10-12-29)22(31)28-18-5-7-20(8-6-18)32-23(24,25)26/h3-8,13,17H,9-12,14H2,1-2H3,(H,27,30)(H,28,31). The van der Waals surface area contributed by atoms with Crippen molar-refractivity contribution >= 4 is 23.2 Å². The zero-order valence-electron chi connectivity index (χ0n) is 18.0. The van der Waals surface area contributed by atoms with Crippen LogP contribution >= 0.6 is 0 Å². The molecule has 3 rings (SSSR count). The molecule has 6 nitrogen and oxygen atoms in total. The van der Waals surface area contributed by atoms with Crippen molar-refractivity contribution in [3.8, 4) is 5.75 Å². The highest BCUT2D eigenvalue weighted by atomic mass is 19.4. The van der Waals surface area contributed by atoms with Crippen molar-refractivity contribution in [1.29, 1.82) is 0 Å². The molecule has 32 heavy (non-hydrogen) atoms. The highest BCUT2D eigenvalue weighted by Crippen LogP contribution is 2.25. The van der Waals surface area contributed by atoms with Crippen molar-refractivity contribution in [2.45, 2.75) is 33.1 Å². The van der Waals surface area contributed by atoms with E-state index in [-0.39, 0.29) is 30.0 Å². The Morgan fingerprint density at radius 1 is 0.969 bits per heavy atom. The summed E-state index contributed by atoms with van der Waals surface area (Å²) < 4.78 is 40.5. The Labute approximate surface area is 184 Å². The Morgan fingerprint density at radius 3 is 2.19 bits per heavy atom. The molecule has 1 aliphatic rings. The fourth-order valence-corrected chi connectivity index (χ4v) is 3.56. The number of carbonyl (C=O) groups excluding carboxylic acids is 2. The van der Waals surface area contributed by atoms with Crippen LogP contribution in [0.2, 0.25) is 0 Å². The van der Waals surface area contributed by atoms with E-state index in [2.05, 4.69) is 15.4 Å². The summed E-state index contributed by atoms with van der Waals surface area (Å²) in [6.45, 7) is 5.47. The molecule has 2 amide bonds. The van der Waals surface area contributed by atoms with Crippen molar-refractivity contribution in [2.75, 3.05) is 30.3 Å². The summed E-state index contributed by atoms with van der Waals surface area (Å²) in [7, 11) is 0. The number of alkyl halides is 3. The monoisotopic (exact) mass is 449 g/mol. The SMILES string of the molecule is Cc1ccc(NC(=O)CN2CCC(C(=O)Nc3ccc(OC(F)(F)F)cc3)CC2)cc1C. The van der Waals surface area contributed by atoms with Gasteiger partial charge in [0.15, 0.2) is 0 Å². The van der Waals surface area contributed by atoms with Gasteiger partial charge in [-0.1, -0.05) is 6.07 Å². The second-order valence-electron chi connectivity index (χ2n) is 7.96. The van der Waals surface area contributed by atoms with Crippen molar-refractivity contribution in [3.63, 3.8) is 0 Å². The van der Waals surface area contributed by atoms with Gasteiger partial charge in [0.1, 0.15) is 5.75 Å². The van der Waals surface area contributed by atoms with Crippen molar-refractivity contribution in [2.24, 2.45) is 5.92 Å². The predicted octanol–water partition coefficient (Wildman–Crippen LogP) is 4.49. The van der Waals surface area contributed by atoms with Crippen LogP contribution in [0, 0.1) is 19.8 Å². The van der Waals surface area contributed by atoms with Crippen LogP contribution in [0.4, 0.5) is 24.5 Å². The highest BCUT2D eigenvalue weighted by Gasteiger charge is 2.31. The molecule has 0 spiro atoms. The summed E-state index contributed by atoms with van der Waals surface area (Å²) in [5.74, 6) is -0.853. The van der Waals surface area contributed by atoms with Gasteiger partial charge in [-0.2, -0.15) is 0 Å². The van der Waals surface area contributed by atoms with Gasteiger partial charge in [-0.25, -0.2) is 0 Å². The van der Waals surface area contributed by atoms with E-state index in [1.807, 2.05) is 36.9 Å². The molecule has 2 N–H and O–H groups in total. The predicted molar refractivity (Wildman–Crippen MR) is 115 cm³/mol. The molecule has 0 atom stereocenters. The van der Waals surface area contributed by atoms with E-state index < -0.39 is 6.36 Å². The van der Waals surface area contributed by atoms with Gasteiger partial charge >= 0.3 is 6.36 Å². The molecule has 0 saturated carbocycles. The number of hydrogen-bond donors (Lipinski definition) is 2. The maximum absolute atomic E-state index is 12.5. The van der Waals surface area contributed by atoms with Crippen molar-refractivity contribution < 1.29 is 27.5 Å². The number of nitrogens with zero attached hydrogens (tertiary/aromatic N) is 1. The third-order valence-corrected chi connectivity index (χ3v) is 5.47. The zero-order valence-corrected chi connectivity index (χ0v) is 18.0. The van der Waals surface area contributed by atoms with E-state index >= 15 is 0 Å². The average molecular weight is 449 g/mol. The summed E-state index contributed by atoms with van der Waals surface area (Å²) in [6, 6.07) is 10.8. The number of carbonyl (C=O) groups is 2. The number of likely N-dealkylation sites (tertiary alicyclic amines) is 1. The number of benzene rings is 2. The molecular formula is C23H26F3N3O3. The molecule has 0 aromatic heterocycles. The van der Waals surface area contributed by atoms with Crippen LogP contribution in [0.15, 0.2) is 42.5 Å². The molecule has 9 heteroatoms. The number of nitrogens with one attached hydrogen (secondary N) is 2. The number of rotatable bonds is 6. The largest absolute Gasteiger partial charge is 0.573 e. The van der Waals surface area contributed by atoms with Gasteiger partial charge in [-0.3, -0.25) is 14.5 Å². The fraction of sp³-hybridized carbons (Fsp3) is 0.391. The minimum atomic E-state index is -4.76. The molecule has 2 aromatic carbocycles. The minimum absolute atomic E-state index is 0.0997. The maximum Gasteiger partial charge on any atom is 0.573 e. The summed E-state index contributed by atoms with van der Waals surface area (Å²) in [5, 5.41) is 5.63. The molecule has 0 aliphatic carbocycles. The van der Waals surface area contributed by atoms with E-state index in [9.17, 15) is 22.8 Å². The lowest BCUT2D eigenvalue weighted by molar-refractivity contribution is -0.274. The number of anilines is 2. The molecule has 1 aliphatic heterocycles. The lowest BCUT2D eigenvalue weighted by Gasteiger charge is -2.30. The Hall–Kier alpha value is -3.07. The molecule has 1 fully saturated rings. The Balaban J connectivity index is 1.43. The third kappa shape index (κ3) is 6.98. The molecule has 0 bridgehead atoms. The quantitative estimate of drug-likeness (QED) is 0.682. The molecule has 1 saturated heterocycles. The normalized spacial score (nSPS) is 15.3. The molecule has 1 heterocycles.